The van der Waals surface area contributed by atoms with Crippen LogP contribution in [0.5, 0.6) is 0 Å². The van der Waals surface area contributed by atoms with Crippen molar-refractivity contribution in [3.63, 3.8) is 0 Å². The Labute approximate surface area is 163 Å². The lowest BCUT2D eigenvalue weighted by Gasteiger charge is -2.57. The Bertz CT molecular complexity index is 801. The number of nitrogens with one attached hydrogen (secondary N) is 1. The molecule has 0 saturated heterocycles. The zero-order chi connectivity index (χ0) is 18.4. The predicted molar refractivity (Wildman–Crippen MR) is 104 cm³/mol. The Morgan fingerprint density at radius 2 is 1.78 bits per heavy atom. The number of thioether (sulfide) groups is 1. The van der Waals surface area contributed by atoms with Crippen LogP contribution in [0.3, 0.4) is 0 Å². The second-order valence-corrected chi connectivity index (χ2v) is 9.96. The number of benzene rings is 1. The van der Waals surface area contributed by atoms with Crippen LogP contribution < -0.4 is 5.32 Å². The Balaban J connectivity index is 1.28. The van der Waals surface area contributed by atoms with Crippen LogP contribution in [0.2, 0.25) is 0 Å². The van der Waals surface area contributed by atoms with Crippen LogP contribution in [0.15, 0.2) is 35.5 Å². The SMILES string of the molecule is C[C@H](Sc1nnnn1-c1ccccc1)C(=O)NC12CC3CC(CC(C3)C1)C2. The van der Waals surface area contributed by atoms with Crippen molar-refractivity contribution in [1.82, 2.24) is 25.5 Å². The maximum absolute atomic E-state index is 13.0. The zero-order valence-corrected chi connectivity index (χ0v) is 16.4. The smallest absolute Gasteiger partial charge is 0.233 e. The first kappa shape index (κ1) is 17.2. The number of amides is 1. The van der Waals surface area contributed by atoms with Crippen molar-refractivity contribution in [2.75, 3.05) is 0 Å². The van der Waals surface area contributed by atoms with Crippen LogP contribution in [0.4, 0.5) is 0 Å². The summed E-state index contributed by atoms with van der Waals surface area (Å²) in [7, 11) is 0. The Kier molecular flexibility index (Phi) is 4.22. The maximum Gasteiger partial charge on any atom is 0.233 e. The number of hydrogen-bond acceptors (Lipinski definition) is 5. The van der Waals surface area contributed by atoms with Crippen LogP contribution in [0.1, 0.15) is 45.4 Å². The number of tetrazole rings is 1. The summed E-state index contributed by atoms with van der Waals surface area (Å²) in [5.41, 5.74) is 0.949. The highest BCUT2D eigenvalue weighted by Crippen LogP contribution is 2.55. The molecule has 6 nitrogen and oxygen atoms in total. The molecule has 6 rings (SSSR count). The second-order valence-electron chi connectivity index (χ2n) is 8.66. The summed E-state index contributed by atoms with van der Waals surface area (Å²) in [4.78, 5) is 13.0. The highest BCUT2D eigenvalue weighted by atomic mass is 32.2. The lowest BCUT2D eigenvalue weighted by Crippen LogP contribution is -2.60. The third-order valence-electron chi connectivity index (χ3n) is 6.52. The first-order chi connectivity index (χ1) is 13.1. The monoisotopic (exact) mass is 383 g/mol. The van der Waals surface area contributed by atoms with E-state index < -0.39 is 0 Å². The van der Waals surface area contributed by atoms with Gasteiger partial charge in [-0.15, -0.1) is 5.10 Å². The van der Waals surface area contributed by atoms with E-state index in [1.54, 1.807) is 4.68 Å². The average Bonchev–Trinajstić information content (AvgIpc) is 3.09. The van der Waals surface area contributed by atoms with Crippen LogP contribution in [-0.4, -0.2) is 36.9 Å². The fourth-order valence-electron chi connectivity index (χ4n) is 5.82. The number of nitrogens with zero attached hydrogens (tertiary/aromatic N) is 4. The normalized spacial score (nSPS) is 32.4. The topological polar surface area (TPSA) is 72.7 Å². The molecule has 4 saturated carbocycles. The number of hydrogen-bond donors (Lipinski definition) is 1. The van der Waals surface area contributed by atoms with Crippen LogP contribution in [-0.2, 0) is 4.79 Å². The van der Waals surface area contributed by atoms with Crippen molar-refractivity contribution in [2.45, 2.75) is 61.4 Å². The van der Waals surface area contributed by atoms with E-state index in [4.69, 9.17) is 0 Å². The van der Waals surface area contributed by atoms with Gasteiger partial charge in [-0.1, -0.05) is 30.0 Å². The van der Waals surface area contributed by atoms with E-state index in [9.17, 15) is 4.79 Å². The van der Waals surface area contributed by atoms with Gasteiger partial charge in [-0.2, -0.15) is 4.68 Å². The maximum atomic E-state index is 13.0. The van der Waals surface area contributed by atoms with Gasteiger partial charge in [0, 0.05) is 5.54 Å². The number of rotatable bonds is 5. The fraction of sp³-hybridized carbons (Fsp3) is 0.600. The summed E-state index contributed by atoms with van der Waals surface area (Å²) < 4.78 is 1.69. The molecule has 2 aromatic rings. The molecular weight excluding hydrogens is 358 g/mol. The van der Waals surface area contributed by atoms with Gasteiger partial charge in [0.2, 0.25) is 11.1 Å². The average molecular weight is 384 g/mol. The van der Waals surface area contributed by atoms with Gasteiger partial charge >= 0.3 is 0 Å². The van der Waals surface area contributed by atoms with Gasteiger partial charge in [0.05, 0.1) is 10.9 Å². The van der Waals surface area contributed by atoms with E-state index in [0.717, 1.165) is 23.4 Å². The molecule has 0 radical (unpaired) electrons. The van der Waals surface area contributed by atoms with Crippen LogP contribution in [0.25, 0.3) is 5.69 Å². The number of para-hydroxylation sites is 1. The molecule has 4 aliphatic rings. The molecule has 0 unspecified atom stereocenters. The van der Waals surface area contributed by atoms with Gasteiger partial charge in [-0.05, 0) is 85.8 Å². The largest absolute Gasteiger partial charge is 0.350 e. The lowest BCUT2D eigenvalue weighted by molar-refractivity contribution is -0.126. The van der Waals surface area contributed by atoms with Crippen molar-refractivity contribution in [2.24, 2.45) is 17.8 Å². The minimum Gasteiger partial charge on any atom is -0.350 e. The molecule has 27 heavy (non-hydrogen) atoms. The zero-order valence-electron chi connectivity index (χ0n) is 15.5. The molecule has 1 amide bonds. The van der Waals surface area contributed by atoms with Crippen molar-refractivity contribution >= 4 is 17.7 Å². The highest BCUT2D eigenvalue weighted by molar-refractivity contribution is 8.00. The molecule has 1 atom stereocenters. The molecule has 1 heterocycles. The van der Waals surface area contributed by atoms with Gasteiger partial charge in [0.15, 0.2) is 0 Å². The minimum absolute atomic E-state index is 0.0476. The summed E-state index contributed by atoms with van der Waals surface area (Å²) in [6, 6.07) is 9.78. The summed E-state index contributed by atoms with van der Waals surface area (Å²) in [6.07, 6.45) is 7.65. The Morgan fingerprint density at radius 3 is 2.41 bits per heavy atom. The third kappa shape index (κ3) is 3.26. The predicted octanol–water partition coefficient (Wildman–Crippen LogP) is 3.23. The van der Waals surface area contributed by atoms with Gasteiger partial charge < -0.3 is 5.32 Å². The second kappa shape index (κ2) is 6.62. The molecule has 1 aromatic heterocycles. The molecule has 1 aromatic carbocycles. The molecule has 4 bridgehead atoms. The Hall–Kier alpha value is -1.89. The van der Waals surface area contributed by atoms with E-state index >= 15 is 0 Å². The molecule has 1 N–H and O–H groups in total. The van der Waals surface area contributed by atoms with Gasteiger partial charge in [0.25, 0.3) is 0 Å². The molecular formula is C20H25N5OS. The molecule has 4 fully saturated rings. The van der Waals surface area contributed by atoms with Crippen LogP contribution in [0, 0.1) is 17.8 Å². The van der Waals surface area contributed by atoms with E-state index in [-0.39, 0.29) is 16.7 Å². The van der Waals surface area contributed by atoms with Crippen molar-refractivity contribution in [3.8, 4) is 5.69 Å². The molecule has 142 valence electrons. The van der Waals surface area contributed by atoms with Crippen LogP contribution >= 0.6 is 11.8 Å². The first-order valence-corrected chi connectivity index (χ1v) is 10.8. The van der Waals surface area contributed by atoms with E-state index in [1.165, 1.54) is 50.3 Å². The first-order valence-electron chi connectivity index (χ1n) is 9.93. The summed E-state index contributed by atoms with van der Waals surface area (Å²) in [5.74, 6) is 2.59. The van der Waals surface area contributed by atoms with Crippen molar-refractivity contribution < 1.29 is 4.79 Å². The molecule has 0 spiro atoms. The quantitative estimate of drug-likeness (QED) is 0.803. The number of aromatic nitrogens is 4. The number of carbonyl (C=O) groups excluding carboxylic acids is 1. The molecule has 7 heteroatoms. The molecule has 4 aliphatic carbocycles. The standard InChI is InChI=1S/C20H25N5OS/c1-13(27-19-22-23-24-25(19)17-5-3-2-4-6-17)18(26)21-20-10-14-7-15(11-20)9-16(8-14)12-20/h2-6,13-16H,7-12H2,1H3,(H,21,26)/t13-,14?,15?,16?,20?/m0/s1. The fourth-order valence-corrected chi connectivity index (χ4v) is 6.63. The third-order valence-corrected chi connectivity index (χ3v) is 7.55. The van der Waals surface area contributed by atoms with Crippen molar-refractivity contribution in [1.29, 1.82) is 0 Å². The van der Waals surface area contributed by atoms with E-state index in [2.05, 4.69) is 20.8 Å². The van der Waals surface area contributed by atoms with Gasteiger partial charge in [-0.3, -0.25) is 4.79 Å². The Morgan fingerprint density at radius 1 is 1.15 bits per heavy atom. The summed E-state index contributed by atoms with van der Waals surface area (Å²) >= 11 is 1.42. The number of carbonyl (C=O) groups is 1. The lowest BCUT2D eigenvalue weighted by atomic mass is 9.53. The van der Waals surface area contributed by atoms with Crippen molar-refractivity contribution in [3.05, 3.63) is 30.3 Å². The highest BCUT2D eigenvalue weighted by Gasteiger charge is 2.51. The van der Waals surface area contributed by atoms with E-state index in [1.807, 2.05) is 37.3 Å². The molecule has 0 aliphatic heterocycles. The summed E-state index contributed by atoms with van der Waals surface area (Å²) in [5, 5.41) is 15.9. The van der Waals surface area contributed by atoms with Gasteiger partial charge in [0.1, 0.15) is 0 Å². The van der Waals surface area contributed by atoms with E-state index in [0.29, 0.717) is 5.16 Å². The summed E-state index contributed by atoms with van der Waals surface area (Å²) in [6.45, 7) is 1.95. The van der Waals surface area contributed by atoms with Gasteiger partial charge in [-0.25, -0.2) is 0 Å². The minimum atomic E-state index is -0.230.